The summed E-state index contributed by atoms with van der Waals surface area (Å²) >= 11 is 4.62. The fourth-order valence-corrected chi connectivity index (χ4v) is 3.29. The van der Waals surface area contributed by atoms with E-state index in [1.807, 2.05) is 24.3 Å². The van der Waals surface area contributed by atoms with Crippen molar-refractivity contribution >= 4 is 23.1 Å². The highest BCUT2D eigenvalue weighted by Crippen LogP contribution is 2.30. The molecular formula is C22H25NO2S. The molecule has 1 saturated heterocycles. The minimum absolute atomic E-state index is 0.287. The average molecular weight is 368 g/mol. The van der Waals surface area contributed by atoms with Gasteiger partial charge in [0.15, 0.2) is 6.29 Å². The first-order chi connectivity index (χ1) is 12.8. The predicted molar refractivity (Wildman–Crippen MR) is 108 cm³/mol. The first-order valence-corrected chi connectivity index (χ1v) is 9.71. The Balaban J connectivity index is 1.53. The van der Waals surface area contributed by atoms with Gasteiger partial charge in [0.1, 0.15) is 0 Å². The highest BCUT2D eigenvalue weighted by Gasteiger charge is 2.24. The monoisotopic (exact) mass is 367 g/mol. The van der Waals surface area contributed by atoms with Crippen molar-refractivity contribution in [2.75, 3.05) is 13.2 Å². The zero-order chi connectivity index (χ0) is 18.2. The Labute approximate surface area is 161 Å². The molecule has 0 amide bonds. The van der Waals surface area contributed by atoms with Crippen LogP contribution in [-0.4, -0.2) is 18.4 Å². The van der Waals surface area contributed by atoms with E-state index in [1.54, 1.807) is 0 Å². The van der Waals surface area contributed by atoms with Crippen LogP contribution in [0.25, 0.3) is 0 Å². The Hall–Kier alpha value is -1.84. The van der Waals surface area contributed by atoms with E-state index < -0.39 is 0 Å². The summed E-state index contributed by atoms with van der Waals surface area (Å²) in [7, 11) is 0. The van der Waals surface area contributed by atoms with E-state index in [1.165, 1.54) is 30.4 Å². The van der Waals surface area contributed by atoms with Crippen molar-refractivity contribution < 1.29 is 9.47 Å². The van der Waals surface area contributed by atoms with Crippen LogP contribution < -0.4 is 0 Å². The minimum atomic E-state index is -0.315. The first kappa shape index (κ1) is 18.9. The molecule has 3 nitrogen and oxygen atoms in total. The number of unbranched alkanes of at least 4 members (excludes halogenated alkanes) is 2. The van der Waals surface area contributed by atoms with Crippen molar-refractivity contribution in [1.82, 2.24) is 0 Å². The molecular weight excluding hydrogens is 342 g/mol. The molecule has 0 saturated carbocycles. The highest BCUT2D eigenvalue weighted by atomic mass is 32.1. The number of thiocarbonyl (C=S) groups is 1. The maximum atomic E-state index is 5.95. The SMILES string of the molecule is CCCCCc1ccc([C@H]2CO[C@H](c3ccc(N=C=S)cc3)OC2)cc1. The van der Waals surface area contributed by atoms with Gasteiger partial charge in [0.2, 0.25) is 0 Å². The predicted octanol–water partition coefficient (Wildman–Crippen LogP) is 5.98. The van der Waals surface area contributed by atoms with Crippen LogP contribution in [0.2, 0.25) is 0 Å². The number of benzene rings is 2. The largest absolute Gasteiger partial charge is 0.348 e. The van der Waals surface area contributed by atoms with Gasteiger partial charge in [-0.1, -0.05) is 56.2 Å². The molecule has 2 aromatic rings. The molecule has 0 radical (unpaired) electrons. The standard InChI is InChI=1S/C22H25NO2S/c1-2-3-4-5-17-6-8-18(9-7-17)20-14-24-22(25-15-20)19-10-12-21(13-11-19)23-16-26/h6-13,20,22H,2-5,14-15H2,1H3/t20-,22-. The Morgan fingerprint density at radius 2 is 1.62 bits per heavy atom. The van der Waals surface area contributed by atoms with Crippen LogP contribution in [0.1, 0.15) is 55.1 Å². The lowest BCUT2D eigenvalue weighted by Gasteiger charge is -2.30. The van der Waals surface area contributed by atoms with Crippen LogP contribution in [0.5, 0.6) is 0 Å². The number of ether oxygens (including phenoxy) is 2. The van der Waals surface area contributed by atoms with Crippen molar-refractivity contribution in [3.8, 4) is 0 Å². The van der Waals surface area contributed by atoms with Gasteiger partial charge in [-0.05, 0) is 48.3 Å². The Bertz CT molecular complexity index is 728. The number of aliphatic imine (C=N–C) groups is 1. The summed E-state index contributed by atoms with van der Waals surface area (Å²) in [6, 6.07) is 16.6. The number of hydrogen-bond donors (Lipinski definition) is 0. The van der Waals surface area contributed by atoms with Crippen LogP contribution >= 0.6 is 12.2 Å². The zero-order valence-electron chi connectivity index (χ0n) is 15.2. The van der Waals surface area contributed by atoms with Gasteiger partial charge in [-0.2, -0.15) is 4.99 Å². The molecule has 1 aliphatic rings. The van der Waals surface area contributed by atoms with Gasteiger partial charge in [0, 0.05) is 11.5 Å². The topological polar surface area (TPSA) is 30.8 Å². The average Bonchev–Trinajstić information content (AvgIpc) is 2.70. The third-order valence-corrected chi connectivity index (χ3v) is 4.85. The number of nitrogens with zero attached hydrogens (tertiary/aromatic N) is 1. The molecule has 0 aliphatic carbocycles. The third kappa shape index (κ3) is 5.09. The maximum Gasteiger partial charge on any atom is 0.183 e. The molecule has 0 bridgehead atoms. The molecule has 2 aromatic carbocycles. The van der Waals surface area contributed by atoms with Crippen LogP contribution in [0.15, 0.2) is 53.5 Å². The van der Waals surface area contributed by atoms with Crippen molar-refractivity contribution in [2.24, 2.45) is 4.99 Å². The van der Waals surface area contributed by atoms with E-state index in [0.717, 1.165) is 17.7 Å². The molecule has 0 atom stereocenters. The Morgan fingerprint density at radius 1 is 0.962 bits per heavy atom. The molecule has 1 aliphatic heterocycles. The summed E-state index contributed by atoms with van der Waals surface area (Å²) in [5.74, 6) is 0.287. The molecule has 0 N–H and O–H groups in total. The molecule has 1 heterocycles. The second-order valence-electron chi connectivity index (χ2n) is 6.69. The second kappa shape index (κ2) is 9.75. The number of aryl methyl sites for hydroxylation is 1. The van der Waals surface area contributed by atoms with E-state index in [4.69, 9.17) is 9.47 Å². The summed E-state index contributed by atoms with van der Waals surface area (Å²) in [6.45, 7) is 3.57. The fourth-order valence-electron chi connectivity index (χ4n) is 3.18. The molecule has 136 valence electrons. The lowest BCUT2D eigenvalue weighted by atomic mass is 9.97. The second-order valence-corrected chi connectivity index (χ2v) is 6.87. The van der Waals surface area contributed by atoms with Crippen LogP contribution in [0.4, 0.5) is 5.69 Å². The van der Waals surface area contributed by atoms with Gasteiger partial charge in [0.05, 0.1) is 24.1 Å². The van der Waals surface area contributed by atoms with Crippen molar-refractivity contribution in [3.63, 3.8) is 0 Å². The van der Waals surface area contributed by atoms with Crippen molar-refractivity contribution in [1.29, 1.82) is 0 Å². The summed E-state index contributed by atoms with van der Waals surface area (Å²) < 4.78 is 11.9. The number of hydrogen-bond acceptors (Lipinski definition) is 4. The summed E-state index contributed by atoms with van der Waals surface area (Å²) in [5.41, 5.74) is 4.49. The highest BCUT2D eigenvalue weighted by molar-refractivity contribution is 7.78. The number of isothiocyanates is 1. The summed E-state index contributed by atoms with van der Waals surface area (Å²) in [4.78, 5) is 3.96. The lowest BCUT2D eigenvalue weighted by Crippen LogP contribution is -2.25. The molecule has 26 heavy (non-hydrogen) atoms. The van der Waals surface area contributed by atoms with Crippen molar-refractivity contribution in [2.45, 2.75) is 44.8 Å². The van der Waals surface area contributed by atoms with Crippen LogP contribution in [0.3, 0.4) is 0 Å². The van der Waals surface area contributed by atoms with Gasteiger partial charge in [0.25, 0.3) is 0 Å². The minimum Gasteiger partial charge on any atom is -0.348 e. The third-order valence-electron chi connectivity index (χ3n) is 4.76. The van der Waals surface area contributed by atoms with Crippen LogP contribution in [-0.2, 0) is 15.9 Å². The normalized spacial score (nSPS) is 19.7. The van der Waals surface area contributed by atoms with Gasteiger partial charge in [-0.25, -0.2) is 0 Å². The Morgan fingerprint density at radius 3 is 2.23 bits per heavy atom. The first-order valence-electron chi connectivity index (χ1n) is 9.30. The van der Waals surface area contributed by atoms with E-state index >= 15 is 0 Å². The molecule has 3 rings (SSSR count). The zero-order valence-corrected chi connectivity index (χ0v) is 16.0. The molecule has 1 fully saturated rings. The molecule has 0 unspecified atom stereocenters. The maximum absolute atomic E-state index is 5.95. The summed E-state index contributed by atoms with van der Waals surface area (Å²) in [6.07, 6.45) is 4.67. The fraction of sp³-hybridized carbons (Fsp3) is 0.409. The van der Waals surface area contributed by atoms with E-state index in [2.05, 4.69) is 53.6 Å². The molecule has 4 heteroatoms. The van der Waals surface area contributed by atoms with Gasteiger partial charge < -0.3 is 9.47 Å². The van der Waals surface area contributed by atoms with E-state index in [0.29, 0.717) is 13.2 Å². The van der Waals surface area contributed by atoms with E-state index in [9.17, 15) is 0 Å². The van der Waals surface area contributed by atoms with Gasteiger partial charge in [-0.3, -0.25) is 0 Å². The molecule has 0 spiro atoms. The number of rotatable bonds is 7. The Kier molecular flexibility index (Phi) is 7.10. The quantitative estimate of drug-likeness (QED) is 0.342. The van der Waals surface area contributed by atoms with Crippen molar-refractivity contribution in [3.05, 3.63) is 65.2 Å². The lowest BCUT2D eigenvalue weighted by molar-refractivity contribution is -0.191. The smallest absolute Gasteiger partial charge is 0.183 e. The van der Waals surface area contributed by atoms with Gasteiger partial charge in [-0.15, -0.1) is 0 Å². The van der Waals surface area contributed by atoms with Crippen LogP contribution in [0, 0.1) is 0 Å². The van der Waals surface area contributed by atoms with Gasteiger partial charge >= 0.3 is 0 Å². The molecule has 0 aromatic heterocycles. The summed E-state index contributed by atoms with van der Waals surface area (Å²) in [5, 5.41) is 2.37. The van der Waals surface area contributed by atoms with E-state index in [-0.39, 0.29) is 12.2 Å².